The maximum absolute atomic E-state index is 11.3. The summed E-state index contributed by atoms with van der Waals surface area (Å²) in [5.74, 6) is 1.56. The molecular formula is C17H22O. The molecule has 18 heavy (non-hydrogen) atoms. The van der Waals surface area contributed by atoms with Gasteiger partial charge in [0.15, 0.2) is 5.78 Å². The van der Waals surface area contributed by atoms with Gasteiger partial charge in [-0.15, -0.1) is 0 Å². The monoisotopic (exact) mass is 242 g/mol. The number of carbonyl (C=O) groups excluding carboxylic acids is 1. The highest BCUT2D eigenvalue weighted by atomic mass is 16.1. The number of ketones is 1. The van der Waals surface area contributed by atoms with E-state index in [1.165, 1.54) is 30.4 Å². The first-order valence-corrected chi connectivity index (χ1v) is 6.96. The van der Waals surface area contributed by atoms with Gasteiger partial charge in [0.1, 0.15) is 0 Å². The van der Waals surface area contributed by atoms with Crippen molar-refractivity contribution in [3.8, 4) is 0 Å². The summed E-state index contributed by atoms with van der Waals surface area (Å²) in [7, 11) is 0. The molecule has 0 amide bonds. The second-order valence-corrected chi connectivity index (χ2v) is 5.36. The van der Waals surface area contributed by atoms with Crippen molar-refractivity contribution in [2.24, 2.45) is 11.8 Å². The molecule has 96 valence electrons. The molecule has 0 radical (unpaired) electrons. The van der Waals surface area contributed by atoms with E-state index in [1.807, 2.05) is 12.1 Å². The molecule has 1 nitrogen and oxygen atoms in total. The standard InChI is InChI=1S/C17H22O/c1-4-5-6-16-12(2)11-17(16)15-9-7-14(8-10-15)13(3)18/h7-12,16H,4-6H2,1-3H3. The third-order valence-electron chi connectivity index (χ3n) is 3.97. The van der Waals surface area contributed by atoms with Crippen molar-refractivity contribution >= 4 is 11.4 Å². The number of hydrogen-bond donors (Lipinski definition) is 0. The Hall–Kier alpha value is -1.37. The number of carbonyl (C=O) groups is 1. The van der Waals surface area contributed by atoms with Crippen LogP contribution in [-0.2, 0) is 0 Å². The second kappa shape index (κ2) is 5.51. The second-order valence-electron chi connectivity index (χ2n) is 5.36. The SMILES string of the molecule is CCCCC1C(c2ccc(C(C)=O)cc2)=CC1C. The van der Waals surface area contributed by atoms with Gasteiger partial charge in [-0.1, -0.05) is 57.0 Å². The molecule has 2 unspecified atom stereocenters. The summed E-state index contributed by atoms with van der Waals surface area (Å²) in [6.45, 7) is 6.16. The van der Waals surface area contributed by atoms with Crippen LogP contribution in [0.5, 0.6) is 0 Å². The van der Waals surface area contributed by atoms with Crippen LogP contribution in [0, 0.1) is 11.8 Å². The van der Waals surface area contributed by atoms with Gasteiger partial charge in [-0.25, -0.2) is 0 Å². The molecule has 1 aliphatic rings. The van der Waals surface area contributed by atoms with Gasteiger partial charge in [0.2, 0.25) is 0 Å². The van der Waals surface area contributed by atoms with Gasteiger partial charge in [-0.05, 0) is 36.3 Å². The van der Waals surface area contributed by atoms with E-state index in [1.54, 1.807) is 6.92 Å². The lowest BCUT2D eigenvalue weighted by molar-refractivity contribution is 0.101. The van der Waals surface area contributed by atoms with E-state index in [4.69, 9.17) is 0 Å². The van der Waals surface area contributed by atoms with Crippen LogP contribution in [0.4, 0.5) is 0 Å². The van der Waals surface area contributed by atoms with Crippen molar-refractivity contribution in [1.29, 1.82) is 0 Å². The van der Waals surface area contributed by atoms with Crippen LogP contribution in [0.2, 0.25) is 0 Å². The van der Waals surface area contributed by atoms with Crippen LogP contribution in [0.15, 0.2) is 30.3 Å². The zero-order valence-electron chi connectivity index (χ0n) is 11.6. The van der Waals surface area contributed by atoms with Crippen molar-refractivity contribution in [3.63, 3.8) is 0 Å². The van der Waals surface area contributed by atoms with Crippen molar-refractivity contribution < 1.29 is 4.79 Å². The first-order chi connectivity index (χ1) is 8.63. The van der Waals surface area contributed by atoms with E-state index in [-0.39, 0.29) is 5.78 Å². The van der Waals surface area contributed by atoms with Gasteiger partial charge >= 0.3 is 0 Å². The minimum atomic E-state index is 0.139. The Morgan fingerprint density at radius 2 is 1.89 bits per heavy atom. The fourth-order valence-corrected chi connectivity index (χ4v) is 2.74. The number of unbranched alkanes of at least 4 members (excludes halogenated alkanes) is 1. The molecule has 1 aromatic rings. The summed E-state index contributed by atoms with van der Waals surface area (Å²) >= 11 is 0. The fraction of sp³-hybridized carbons (Fsp3) is 0.471. The lowest BCUT2D eigenvalue weighted by Crippen LogP contribution is -2.21. The summed E-state index contributed by atoms with van der Waals surface area (Å²) in [6.07, 6.45) is 6.22. The summed E-state index contributed by atoms with van der Waals surface area (Å²) in [6, 6.07) is 8.07. The normalized spacial score (nSPS) is 22.3. The molecule has 1 aromatic carbocycles. The predicted molar refractivity (Wildman–Crippen MR) is 76.6 cm³/mol. The third-order valence-corrected chi connectivity index (χ3v) is 3.97. The van der Waals surface area contributed by atoms with Crippen LogP contribution in [0.1, 0.15) is 56.0 Å². The Morgan fingerprint density at radius 3 is 2.39 bits per heavy atom. The molecule has 0 aromatic heterocycles. The first-order valence-electron chi connectivity index (χ1n) is 6.96. The molecule has 0 saturated heterocycles. The molecule has 1 aliphatic carbocycles. The average molecular weight is 242 g/mol. The summed E-state index contributed by atoms with van der Waals surface area (Å²) < 4.78 is 0. The van der Waals surface area contributed by atoms with Crippen molar-refractivity contribution in [2.45, 2.75) is 40.0 Å². The zero-order chi connectivity index (χ0) is 13.1. The minimum absolute atomic E-state index is 0.139. The smallest absolute Gasteiger partial charge is 0.159 e. The van der Waals surface area contributed by atoms with Gasteiger partial charge in [0.25, 0.3) is 0 Å². The topological polar surface area (TPSA) is 17.1 Å². The maximum atomic E-state index is 11.3. The largest absolute Gasteiger partial charge is 0.295 e. The highest BCUT2D eigenvalue weighted by molar-refractivity contribution is 5.94. The first kappa shape index (κ1) is 13.1. The number of rotatable bonds is 5. The van der Waals surface area contributed by atoms with Crippen LogP contribution < -0.4 is 0 Å². The van der Waals surface area contributed by atoms with Crippen molar-refractivity contribution in [1.82, 2.24) is 0 Å². The quantitative estimate of drug-likeness (QED) is 0.682. The molecule has 0 aliphatic heterocycles. The predicted octanol–water partition coefficient (Wildman–Crippen LogP) is 4.73. The number of hydrogen-bond acceptors (Lipinski definition) is 1. The van der Waals surface area contributed by atoms with Gasteiger partial charge in [-0.2, -0.15) is 0 Å². The van der Waals surface area contributed by atoms with Gasteiger partial charge < -0.3 is 0 Å². The molecule has 0 heterocycles. The zero-order valence-corrected chi connectivity index (χ0v) is 11.6. The van der Waals surface area contributed by atoms with E-state index < -0.39 is 0 Å². The molecule has 0 bridgehead atoms. The molecule has 0 spiro atoms. The molecule has 0 saturated carbocycles. The Balaban J connectivity index is 2.12. The lowest BCUT2D eigenvalue weighted by Gasteiger charge is -2.34. The third kappa shape index (κ3) is 2.55. The fourth-order valence-electron chi connectivity index (χ4n) is 2.74. The number of Topliss-reactive ketones (excluding diaryl/α,β-unsaturated/α-hetero) is 1. The van der Waals surface area contributed by atoms with E-state index in [0.29, 0.717) is 11.8 Å². The summed E-state index contributed by atoms with van der Waals surface area (Å²) in [5.41, 5.74) is 3.57. The van der Waals surface area contributed by atoms with E-state index in [9.17, 15) is 4.79 Å². The highest BCUT2D eigenvalue weighted by Crippen LogP contribution is 2.43. The number of benzene rings is 1. The summed E-state index contributed by atoms with van der Waals surface area (Å²) in [4.78, 5) is 11.3. The Morgan fingerprint density at radius 1 is 1.22 bits per heavy atom. The lowest BCUT2D eigenvalue weighted by atomic mass is 9.70. The van der Waals surface area contributed by atoms with Crippen LogP contribution >= 0.6 is 0 Å². The van der Waals surface area contributed by atoms with E-state index in [0.717, 1.165) is 5.56 Å². The van der Waals surface area contributed by atoms with Crippen molar-refractivity contribution in [3.05, 3.63) is 41.5 Å². The van der Waals surface area contributed by atoms with E-state index in [2.05, 4.69) is 32.1 Å². The van der Waals surface area contributed by atoms with Crippen molar-refractivity contribution in [2.75, 3.05) is 0 Å². The Kier molecular flexibility index (Phi) is 4.00. The molecule has 1 heteroatoms. The average Bonchev–Trinajstić information content (AvgIpc) is 2.36. The molecule has 2 rings (SSSR count). The van der Waals surface area contributed by atoms with Crippen LogP contribution in [0.3, 0.4) is 0 Å². The molecule has 0 N–H and O–H groups in total. The number of allylic oxidation sites excluding steroid dienone is 2. The van der Waals surface area contributed by atoms with Crippen LogP contribution in [0.25, 0.3) is 5.57 Å². The van der Waals surface area contributed by atoms with Gasteiger partial charge in [-0.3, -0.25) is 4.79 Å². The Bertz CT molecular complexity index is 453. The van der Waals surface area contributed by atoms with E-state index >= 15 is 0 Å². The van der Waals surface area contributed by atoms with Gasteiger partial charge in [0.05, 0.1) is 0 Å². The van der Waals surface area contributed by atoms with Gasteiger partial charge in [0, 0.05) is 5.56 Å². The summed E-state index contributed by atoms with van der Waals surface area (Å²) in [5, 5.41) is 0. The Labute approximate surface area is 110 Å². The molecular weight excluding hydrogens is 220 g/mol. The minimum Gasteiger partial charge on any atom is -0.295 e. The maximum Gasteiger partial charge on any atom is 0.159 e. The highest BCUT2D eigenvalue weighted by Gasteiger charge is 2.29. The molecule has 0 fully saturated rings. The molecule has 2 atom stereocenters. The van der Waals surface area contributed by atoms with Crippen LogP contribution in [-0.4, -0.2) is 5.78 Å².